The zero-order valence-corrected chi connectivity index (χ0v) is 16.1. The van der Waals surface area contributed by atoms with Gasteiger partial charge in [0.2, 0.25) is 0 Å². The number of rotatable bonds is 4. The van der Waals surface area contributed by atoms with E-state index in [4.69, 9.17) is 4.74 Å². The Bertz CT molecular complexity index is 933. The summed E-state index contributed by atoms with van der Waals surface area (Å²) < 4.78 is 5.70. The first-order valence-electron chi connectivity index (χ1n) is 8.91. The van der Waals surface area contributed by atoms with Gasteiger partial charge < -0.3 is 15.0 Å². The van der Waals surface area contributed by atoms with E-state index in [-0.39, 0.29) is 11.8 Å². The molecule has 0 saturated heterocycles. The van der Waals surface area contributed by atoms with Crippen molar-refractivity contribution < 1.29 is 14.3 Å². The van der Waals surface area contributed by atoms with Crippen LogP contribution in [0, 0.1) is 13.8 Å². The minimum absolute atomic E-state index is 0.122. The number of amides is 2. The molecule has 5 heteroatoms. The highest BCUT2D eigenvalue weighted by Crippen LogP contribution is 2.36. The lowest BCUT2D eigenvalue weighted by molar-refractivity contribution is -0.125. The number of nitrogens with one attached hydrogen (secondary N) is 1. The molecule has 3 rings (SSSR count). The number of ether oxygens (including phenoxy) is 1. The van der Waals surface area contributed by atoms with Crippen LogP contribution in [0.5, 0.6) is 5.75 Å². The fraction of sp³-hybridized carbons (Fsp3) is 0.273. The fourth-order valence-electron chi connectivity index (χ4n) is 3.00. The lowest BCUT2D eigenvalue weighted by Crippen LogP contribution is -2.45. The molecule has 0 spiro atoms. The molecule has 5 nitrogen and oxygen atoms in total. The average Bonchev–Trinajstić information content (AvgIpc) is 2.61. The van der Waals surface area contributed by atoms with E-state index in [9.17, 15) is 9.59 Å². The van der Waals surface area contributed by atoms with Crippen LogP contribution in [0.25, 0.3) is 0 Å². The molecule has 1 aliphatic rings. The molecule has 2 aromatic rings. The molecule has 1 aliphatic heterocycles. The third-order valence-corrected chi connectivity index (χ3v) is 4.62. The maximum Gasteiger partial charge on any atom is 0.268 e. The first-order valence-corrected chi connectivity index (χ1v) is 8.91. The molecule has 1 N–H and O–H groups in total. The van der Waals surface area contributed by atoms with Crippen LogP contribution in [0.1, 0.15) is 35.3 Å². The molecule has 1 heterocycles. The van der Waals surface area contributed by atoms with Gasteiger partial charge in [0.15, 0.2) is 6.10 Å². The molecular weight excluding hydrogens is 340 g/mol. The third kappa shape index (κ3) is 3.87. The number of aryl methyl sites for hydroxylation is 2. The maximum atomic E-state index is 12.6. The van der Waals surface area contributed by atoms with Crippen LogP contribution in [0.4, 0.5) is 11.4 Å². The molecule has 0 aliphatic carbocycles. The summed E-state index contributed by atoms with van der Waals surface area (Å²) in [4.78, 5) is 26.8. The maximum absolute atomic E-state index is 12.6. The van der Waals surface area contributed by atoms with Gasteiger partial charge in [0.25, 0.3) is 11.8 Å². The van der Waals surface area contributed by atoms with E-state index < -0.39 is 6.10 Å². The predicted molar refractivity (Wildman–Crippen MR) is 108 cm³/mol. The van der Waals surface area contributed by atoms with Crippen LogP contribution < -0.4 is 15.0 Å². The van der Waals surface area contributed by atoms with Gasteiger partial charge in [0.05, 0.1) is 5.69 Å². The molecular formula is C22H24N2O3. The summed E-state index contributed by atoms with van der Waals surface area (Å²) in [6.07, 6.45) is -0.548. The number of carbonyl (C=O) groups is 2. The number of carbonyl (C=O) groups excluding carboxylic acids is 2. The van der Waals surface area contributed by atoms with E-state index in [1.54, 1.807) is 36.1 Å². The molecule has 0 fully saturated rings. The topological polar surface area (TPSA) is 58.6 Å². The lowest BCUT2D eigenvalue weighted by atomic mass is 10.1. The number of benzene rings is 2. The van der Waals surface area contributed by atoms with Crippen molar-refractivity contribution in [2.75, 3.05) is 16.8 Å². The Morgan fingerprint density at radius 3 is 2.59 bits per heavy atom. The summed E-state index contributed by atoms with van der Waals surface area (Å²) in [7, 11) is 0. The highest BCUT2D eigenvalue weighted by Gasteiger charge is 2.31. The van der Waals surface area contributed by atoms with E-state index in [1.165, 1.54) is 0 Å². The number of hydrogen-bond acceptors (Lipinski definition) is 3. The number of hydrogen-bond donors (Lipinski definition) is 1. The van der Waals surface area contributed by atoms with E-state index in [0.717, 1.165) is 16.7 Å². The van der Waals surface area contributed by atoms with Crippen LogP contribution in [-0.2, 0) is 4.79 Å². The van der Waals surface area contributed by atoms with E-state index in [1.807, 2.05) is 32.9 Å². The van der Waals surface area contributed by atoms with Crippen molar-refractivity contribution in [3.8, 4) is 5.75 Å². The summed E-state index contributed by atoms with van der Waals surface area (Å²) in [6, 6.07) is 10.9. The van der Waals surface area contributed by atoms with Crippen LogP contribution in [0.15, 0.2) is 48.6 Å². The molecule has 140 valence electrons. The Morgan fingerprint density at radius 1 is 1.19 bits per heavy atom. The Kier molecular flexibility index (Phi) is 5.04. The normalized spacial score (nSPS) is 15.8. The highest BCUT2D eigenvalue weighted by molar-refractivity contribution is 6.06. The van der Waals surface area contributed by atoms with Crippen molar-refractivity contribution in [3.63, 3.8) is 0 Å². The quantitative estimate of drug-likeness (QED) is 0.825. The molecule has 0 radical (unpaired) electrons. The van der Waals surface area contributed by atoms with Gasteiger partial charge in [-0.3, -0.25) is 9.59 Å². The second kappa shape index (κ2) is 7.27. The van der Waals surface area contributed by atoms with E-state index >= 15 is 0 Å². The van der Waals surface area contributed by atoms with Crippen LogP contribution in [0.2, 0.25) is 0 Å². The van der Waals surface area contributed by atoms with Gasteiger partial charge in [0.1, 0.15) is 5.75 Å². The van der Waals surface area contributed by atoms with Crippen molar-refractivity contribution in [2.45, 2.75) is 33.8 Å². The summed E-state index contributed by atoms with van der Waals surface area (Å²) in [6.45, 7) is 11.9. The summed E-state index contributed by atoms with van der Waals surface area (Å²) in [5, 5.41) is 2.90. The van der Waals surface area contributed by atoms with Gasteiger partial charge in [-0.05, 0) is 69.2 Å². The molecule has 1 unspecified atom stereocenters. The van der Waals surface area contributed by atoms with Crippen LogP contribution >= 0.6 is 0 Å². The Hall–Kier alpha value is -3.08. The van der Waals surface area contributed by atoms with Crippen molar-refractivity contribution in [3.05, 3.63) is 65.2 Å². The molecule has 2 aromatic carbocycles. The second-order valence-corrected chi connectivity index (χ2v) is 7.08. The third-order valence-electron chi connectivity index (χ3n) is 4.62. The Morgan fingerprint density at radius 2 is 1.93 bits per heavy atom. The zero-order valence-electron chi connectivity index (χ0n) is 16.1. The summed E-state index contributed by atoms with van der Waals surface area (Å²) in [5.41, 5.74) is 4.91. The van der Waals surface area contributed by atoms with Gasteiger partial charge >= 0.3 is 0 Å². The van der Waals surface area contributed by atoms with Crippen molar-refractivity contribution >= 4 is 23.2 Å². The minimum Gasteiger partial charge on any atom is -0.479 e. The molecule has 0 saturated carbocycles. The van der Waals surface area contributed by atoms with Gasteiger partial charge in [-0.25, -0.2) is 0 Å². The summed E-state index contributed by atoms with van der Waals surface area (Å²) in [5.74, 6) is 0.302. The first-order chi connectivity index (χ1) is 12.8. The average molecular weight is 364 g/mol. The van der Waals surface area contributed by atoms with Gasteiger partial charge in [-0.15, -0.1) is 0 Å². The summed E-state index contributed by atoms with van der Waals surface area (Å²) >= 11 is 0. The monoisotopic (exact) mass is 364 g/mol. The molecule has 27 heavy (non-hydrogen) atoms. The van der Waals surface area contributed by atoms with Gasteiger partial charge in [0, 0.05) is 17.8 Å². The molecule has 0 aromatic heterocycles. The molecule has 2 amide bonds. The van der Waals surface area contributed by atoms with E-state index in [2.05, 4.69) is 11.9 Å². The lowest BCUT2D eigenvalue weighted by Gasteiger charge is -2.33. The van der Waals surface area contributed by atoms with Crippen LogP contribution in [-0.4, -0.2) is 24.5 Å². The largest absolute Gasteiger partial charge is 0.479 e. The van der Waals surface area contributed by atoms with Crippen LogP contribution in [0.3, 0.4) is 0 Å². The fourth-order valence-corrected chi connectivity index (χ4v) is 3.00. The number of fused-ring (bicyclic) bond motifs is 1. The molecule has 1 atom stereocenters. The Balaban J connectivity index is 1.89. The van der Waals surface area contributed by atoms with Crippen molar-refractivity contribution in [1.82, 2.24) is 0 Å². The second-order valence-electron chi connectivity index (χ2n) is 7.08. The smallest absolute Gasteiger partial charge is 0.268 e. The Labute approximate surface area is 159 Å². The van der Waals surface area contributed by atoms with Gasteiger partial charge in [-0.2, -0.15) is 0 Å². The predicted octanol–water partition coefficient (Wildman–Crippen LogP) is 4.25. The number of anilines is 2. The SMILES string of the molecule is C=C(C)CN1C(=O)C(C)Oc2ccc(NC(=O)c3ccc(C)c(C)c3)cc21. The zero-order chi connectivity index (χ0) is 19.7. The van der Waals surface area contributed by atoms with E-state index in [0.29, 0.717) is 29.2 Å². The highest BCUT2D eigenvalue weighted by atomic mass is 16.5. The van der Waals surface area contributed by atoms with Gasteiger partial charge in [-0.1, -0.05) is 18.2 Å². The number of nitrogens with zero attached hydrogens (tertiary/aromatic N) is 1. The van der Waals surface area contributed by atoms with Crippen molar-refractivity contribution in [2.24, 2.45) is 0 Å². The minimum atomic E-state index is -0.548. The van der Waals surface area contributed by atoms with Crippen molar-refractivity contribution in [1.29, 1.82) is 0 Å². The standard InChI is InChI=1S/C22H24N2O3/c1-13(2)12-24-19-11-18(8-9-20(19)27-16(5)22(24)26)23-21(25)17-7-6-14(3)15(4)10-17/h6-11,16H,1,12H2,2-5H3,(H,23,25). The molecule has 0 bridgehead atoms. The first kappa shape index (κ1) is 18.7.